The van der Waals surface area contributed by atoms with Crippen molar-refractivity contribution in [1.82, 2.24) is 4.90 Å². The Morgan fingerprint density at radius 3 is 2.53 bits per heavy atom. The van der Waals surface area contributed by atoms with E-state index < -0.39 is 11.3 Å². The lowest BCUT2D eigenvalue weighted by molar-refractivity contribution is 0.221. The third-order valence-corrected chi connectivity index (χ3v) is 5.81. The Balaban J connectivity index is 1.72. The Labute approximate surface area is 172 Å². The second-order valence-electron chi connectivity index (χ2n) is 7.81. The lowest BCUT2D eigenvalue weighted by Gasteiger charge is -2.27. The molecule has 0 saturated carbocycles. The lowest BCUT2D eigenvalue weighted by atomic mass is 9.99. The molecule has 2 aromatic carbocycles. The number of hydrogen-bond donors (Lipinski definition) is 1. The maximum Gasteiger partial charge on any atom is 0.344 e. The van der Waals surface area contributed by atoms with Gasteiger partial charge in [0.25, 0.3) is 0 Å². The van der Waals surface area contributed by atoms with Crippen LogP contribution in [-0.4, -0.2) is 18.0 Å². The minimum absolute atomic E-state index is 0.334. The summed E-state index contributed by atoms with van der Waals surface area (Å²) in [4.78, 5) is 27.5. The number of para-hydroxylation sites is 1. The highest BCUT2D eigenvalue weighted by Crippen LogP contribution is 2.32. The van der Waals surface area contributed by atoms with Gasteiger partial charge in [-0.3, -0.25) is 4.90 Å². The highest BCUT2D eigenvalue weighted by atomic mass is 16.4. The summed E-state index contributed by atoms with van der Waals surface area (Å²) in [5, 5.41) is 1.47. The van der Waals surface area contributed by atoms with Gasteiger partial charge >= 0.3 is 11.3 Å². The smallest absolute Gasteiger partial charge is 0.344 e. The normalized spacial score (nSPS) is 15.1. The molecule has 152 valence electrons. The topological polar surface area (TPSA) is 89.7 Å². The predicted molar refractivity (Wildman–Crippen MR) is 118 cm³/mol. The van der Waals surface area contributed by atoms with Crippen LogP contribution in [0.15, 0.2) is 67.0 Å². The number of benzene rings is 2. The van der Waals surface area contributed by atoms with Crippen molar-refractivity contribution in [1.29, 1.82) is 0 Å². The van der Waals surface area contributed by atoms with Gasteiger partial charge in [0.1, 0.15) is 11.2 Å². The van der Waals surface area contributed by atoms with Crippen molar-refractivity contribution in [2.24, 2.45) is 0 Å². The number of likely N-dealkylation sites (tertiary alicyclic amines) is 1. The Bertz CT molecular complexity index is 1360. The molecule has 1 aliphatic heterocycles. The maximum absolute atomic E-state index is 12.7. The minimum atomic E-state index is -0.518. The van der Waals surface area contributed by atoms with Gasteiger partial charge in [0.2, 0.25) is 0 Å². The molecule has 4 aromatic rings. The molecule has 30 heavy (non-hydrogen) atoms. The molecule has 0 spiro atoms. The van der Waals surface area contributed by atoms with Crippen molar-refractivity contribution in [2.75, 3.05) is 18.8 Å². The van der Waals surface area contributed by atoms with Crippen molar-refractivity contribution in [2.45, 2.75) is 25.8 Å². The first-order valence-electron chi connectivity index (χ1n) is 10.2. The van der Waals surface area contributed by atoms with Gasteiger partial charge in [-0.05, 0) is 50.2 Å². The van der Waals surface area contributed by atoms with Crippen LogP contribution in [-0.2, 0) is 6.54 Å². The monoisotopic (exact) mass is 402 g/mol. The minimum Gasteiger partial charge on any atom is -0.422 e. The average Bonchev–Trinajstić information content (AvgIpc) is 2.75. The van der Waals surface area contributed by atoms with Gasteiger partial charge in [-0.15, -0.1) is 0 Å². The molecule has 0 atom stereocenters. The highest BCUT2D eigenvalue weighted by Gasteiger charge is 2.19. The zero-order valence-corrected chi connectivity index (χ0v) is 16.5. The van der Waals surface area contributed by atoms with Crippen LogP contribution in [0.1, 0.15) is 24.8 Å². The van der Waals surface area contributed by atoms with E-state index in [2.05, 4.69) is 4.90 Å². The second-order valence-corrected chi connectivity index (χ2v) is 7.81. The van der Waals surface area contributed by atoms with Gasteiger partial charge < -0.3 is 14.6 Å². The summed E-state index contributed by atoms with van der Waals surface area (Å²) in [6.07, 6.45) is 3.54. The molecule has 6 nitrogen and oxygen atoms in total. The van der Waals surface area contributed by atoms with Crippen LogP contribution in [0.3, 0.4) is 0 Å². The summed E-state index contributed by atoms with van der Waals surface area (Å²) >= 11 is 0. The fourth-order valence-corrected chi connectivity index (χ4v) is 4.27. The van der Waals surface area contributed by atoms with E-state index in [0.29, 0.717) is 39.9 Å². The SMILES string of the molecule is Nc1ccc2c(-c3cc4ccccc4oc3=O)cc(=O)oc2c1CN1CCCCC1. The summed E-state index contributed by atoms with van der Waals surface area (Å²) in [5.41, 5.74) is 8.42. The molecule has 2 aromatic heterocycles. The van der Waals surface area contributed by atoms with Crippen LogP contribution >= 0.6 is 0 Å². The number of nitrogens with zero attached hydrogens (tertiary/aromatic N) is 1. The van der Waals surface area contributed by atoms with Gasteiger partial charge in [0.15, 0.2) is 0 Å². The van der Waals surface area contributed by atoms with Gasteiger partial charge in [0, 0.05) is 40.2 Å². The molecule has 0 amide bonds. The molecule has 0 bridgehead atoms. The van der Waals surface area contributed by atoms with E-state index in [-0.39, 0.29) is 0 Å². The second kappa shape index (κ2) is 7.46. The maximum atomic E-state index is 12.7. The third kappa shape index (κ3) is 3.29. The van der Waals surface area contributed by atoms with Gasteiger partial charge in [-0.1, -0.05) is 24.6 Å². The standard InChI is InChI=1S/C24H22N2O4/c25-20-9-8-16-17(18-12-15-6-2-3-7-21(15)29-24(18)28)13-22(27)30-23(16)19(20)14-26-10-4-1-5-11-26/h2-3,6-9,12-13H,1,4-5,10-11,14,25H2. The van der Waals surface area contributed by atoms with E-state index in [1.54, 1.807) is 18.2 Å². The highest BCUT2D eigenvalue weighted by molar-refractivity contribution is 5.97. The van der Waals surface area contributed by atoms with E-state index >= 15 is 0 Å². The Morgan fingerprint density at radius 2 is 1.70 bits per heavy atom. The largest absolute Gasteiger partial charge is 0.422 e. The lowest BCUT2D eigenvalue weighted by Crippen LogP contribution is -2.29. The Kier molecular flexibility index (Phi) is 4.64. The fraction of sp³-hybridized carbons (Fsp3) is 0.250. The van der Waals surface area contributed by atoms with Gasteiger partial charge in [-0.25, -0.2) is 9.59 Å². The molecule has 5 rings (SSSR count). The number of hydrogen-bond acceptors (Lipinski definition) is 6. The molecule has 0 aliphatic carbocycles. The quantitative estimate of drug-likeness (QED) is 0.409. The van der Waals surface area contributed by atoms with Crippen LogP contribution in [0, 0.1) is 0 Å². The van der Waals surface area contributed by atoms with E-state index in [1.165, 1.54) is 12.5 Å². The average molecular weight is 402 g/mol. The van der Waals surface area contributed by atoms with Crippen LogP contribution in [0.2, 0.25) is 0 Å². The number of piperidine rings is 1. The molecule has 1 fully saturated rings. The van der Waals surface area contributed by atoms with Crippen LogP contribution in [0.25, 0.3) is 33.1 Å². The molecule has 0 unspecified atom stereocenters. The molecule has 1 aliphatic rings. The van der Waals surface area contributed by atoms with Gasteiger partial charge in [0.05, 0.1) is 5.56 Å². The summed E-state index contributed by atoms with van der Waals surface area (Å²) in [6.45, 7) is 2.60. The molecular weight excluding hydrogens is 380 g/mol. The molecule has 2 N–H and O–H groups in total. The Morgan fingerprint density at radius 1 is 0.900 bits per heavy atom. The number of nitrogen functional groups attached to an aromatic ring is 1. The van der Waals surface area contributed by atoms with Gasteiger partial charge in [-0.2, -0.15) is 0 Å². The summed E-state index contributed by atoms with van der Waals surface area (Å²) in [7, 11) is 0. The van der Waals surface area contributed by atoms with Crippen molar-refractivity contribution >= 4 is 27.6 Å². The first kappa shape index (κ1) is 18.6. The molecule has 3 heterocycles. The zero-order valence-electron chi connectivity index (χ0n) is 16.5. The molecule has 0 radical (unpaired) electrons. The summed E-state index contributed by atoms with van der Waals surface area (Å²) in [5.74, 6) is 0. The van der Waals surface area contributed by atoms with Crippen LogP contribution < -0.4 is 17.0 Å². The van der Waals surface area contributed by atoms with E-state index in [1.807, 2.05) is 24.3 Å². The predicted octanol–water partition coefficient (Wildman–Crippen LogP) is 4.13. The number of nitrogens with two attached hydrogens (primary N) is 1. The third-order valence-electron chi connectivity index (χ3n) is 5.81. The fourth-order valence-electron chi connectivity index (χ4n) is 4.27. The molecule has 1 saturated heterocycles. The van der Waals surface area contributed by atoms with E-state index in [9.17, 15) is 9.59 Å². The number of anilines is 1. The van der Waals surface area contributed by atoms with Crippen molar-refractivity contribution in [3.63, 3.8) is 0 Å². The number of fused-ring (bicyclic) bond motifs is 2. The van der Waals surface area contributed by atoms with Crippen molar-refractivity contribution < 1.29 is 8.83 Å². The van der Waals surface area contributed by atoms with E-state index in [4.69, 9.17) is 14.6 Å². The van der Waals surface area contributed by atoms with Crippen LogP contribution in [0.4, 0.5) is 5.69 Å². The van der Waals surface area contributed by atoms with Crippen molar-refractivity contribution in [3.05, 3.63) is 74.9 Å². The zero-order chi connectivity index (χ0) is 20.7. The van der Waals surface area contributed by atoms with E-state index in [0.717, 1.165) is 36.9 Å². The first-order chi connectivity index (χ1) is 14.6. The Hall–Kier alpha value is -3.38. The number of rotatable bonds is 3. The molecular formula is C24H22N2O4. The molecule has 6 heteroatoms. The summed E-state index contributed by atoms with van der Waals surface area (Å²) in [6, 6.07) is 14.0. The van der Waals surface area contributed by atoms with Crippen LogP contribution in [0.5, 0.6) is 0 Å². The first-order valence-corrected chi connectivity index (χ1v) is 10.2. The van der Waals surface area contributed by atoms with Crippen molar-refractivity contribution in [3.8, 4) is 11.1 Å². The summed E-state index contributed by atoms with van der Waals surface area (Å²) < 4.78 is 11.1.